The van der Waals surface area contributed by atoms with Gasteiger partial charge in [0, 0.05) is 11.5 Å². The Hall–Kier alpha value is -0.360. The second kappa shape index (κ2) is 2.31. The number of aliphatic imine (C=N–C) groups is 2. The van der Waals surface area contributed by atoms with Crippen LogP contribution in [-0.4, -0.2) is 27.5 Å². The Morgan fingerprint density at radius 1 is 1.09 bits per heavy atom. The number of nitrogens with zero attached hydrogens (tertiary/aromatic N) is 2. The van der Waals surface area contributed by atoms with Gasteiger partial charge < -0.3 is 11.5 Å². The Balaban J connectivity index is 2.26. The molecule has 0 fully saturated rings. The minimum absolute atomic E-state index is 0.316. The highest BCUT2D eigenvalue weighted by Gasteiger charge is 2.38. The van der Waals surface area contributed by atoms with Crippen molar-refractivity contribution >= 4 is 33.9 Å². The smallest absolute Gasteiger partial charge is 0.174 e. The van der Waals surface area contributed by atoms with Crippen LogP contribution in [0.4, 0.5) is 0 Å². The predicted molar refractivity (Wildman–Crippen MR) is 50.9 cm³/mol. The predicted octanol–water partition coefficient (Wildman–Crippen LogP) is -0.194. The molecule has 0 aliphatic carbocycles. The number of thioether (sulfide) groups is 2. The van der Waals surface area contributed by atoms with E-state index in [0.717, 1.165) is 11.5 Å². The van der Waals surface area contributed by atoms with Gasteiger partial charge in [-0.2, -0.15) is 0 Å². The fraction of sp³-hybridized carbons (Fsp3) is 0.600. The Morgan fingerprint density at radius 3 is 1.82 bits per heavy atom. The zero-order valence-electron chi connectivity index (χ0n) is 5.78. The van der Waals surface area contributed by atoms with Gasteiger partial charge in [-0.25, -0.2) is 9.98 Å². The van der Waals surface area contributed by atoms with E-state index in [1.807, 2.05) is 0 Å². The molecule has 0 atom stereocenters. The molecule has 0 saturated heterocycles. The molecular weight excluding hydrogens is 180 g/mol. The maximum absolute atomic E-state index is 5.53. The summed E-state index contributed by atoms with van der Waals surface area (Å²) in [6.07, 6.45) is 0. The third-order valence-corrected chi connectivity index (χ3v) is 3.53. The Labute approximate surface area is 72.9 Å². The third kappa shape index (κ3) is 1.20. The molecule has 2 rings (SSSR count). The first-order valence-corrected chi connectivity index (χ1v) is 5.14. The second-order valence-electron chi connectivity index (χ2n) is 2.46. The molecule has 0 radical (unpaired) electrons. The number of amidine groups is 2. The molecule has 0 saturated carbocycles. The van der Waals surface area contributed by atoms with E-state index in [-0.39, 0.29) is 5.66 Å². The molecule has 2 heterocycles. The van der Waals surface area contributed by atoms with Crippen LogP contribution in [0.25, 0.3) is 0 Å². The van der Waals surface area contributed by atoms with Crippen molar-refractivity contribution in [3.63, 3.8) is 0 Å². The van der Waals surface area contributed by atoms with Crippen molar-refractivity contribution in [1.82, 2.24) is 0 Å². The molecule has 2 aliphatic heterocycles. The maximum atomic E-state index is 5.53. The molecule has 1 spiro atoms. The molecule has 6 heteroatoms. The van der Waals surface area contributed by atoms with E-state index in [9.17, 15) is 0 Å². The van der Waals surface area contributed by atoms with Crippen molar-refractivity contribution in [2.75, 3.05) is 11.5 Å². The summed E-state index contributed by atoms with van der Waals surface area (Å²) in [5, 5.41) is 1.26. The van der Waals surface area contributed by atoms with Crippen LogP contribution in [0.1, 0.15) is 0 Å². The van der Waals surface area contributed by atoms with Crippen LogP contribution >= 0.6 is 23.5 Å². The molecular formula is C5H8N4S2. The number of hydrogen-bond donors (Lipinski definition) is 2. The molecule has 2 aliphatic rings. The third-order valence-electron chi connectivity index (χ3n) is 1.54. The van der Waals surface area contributed by atoms with Crippen molar-refractivity contribution in [3.8, 4) is 0 Å². The van der Waals surface area contributed by atoms with E-state index in [4.69, 9.17) is 11.5 Å². The standard InChI is InChI=1S/C5H8N4S2/c6-3-8-5(1-10-3)2-11-4(7)9-5/h1-2H2,(H2,6,8)(H2,7,9). The second-order valence-corrected chi connectivity index (χ2v) is 4.45. The molecule has 0 bridgehead atoms. The zero-order valence-corrected chi connectivity index (χ0v) is 7.41. The number of hydrogen-bond acceptors (Lipinski definition) is 6. The van der Waals surface area contributed by atoms with Crippen LogP contribution in [0, 0.1) is 0 Å². The first-order valence-electron chi connectivity index (χ1n) is 3.16. The van der Waals surface area contributed by atoms with Crippen LogP contribution in [0.2, 0.25) is 0 Å². The average Bonchev–Trinajstić information content (AvgIpc) is 2.44. The fourth-order valence-electron chi connectivity index (χ4n) is 1.05. The normalized spacial score (nSPS) is 27.3. The summed E-state index contributed by atoms with van der Waals surface area (Å²) in [6, 6.07) is 0. The van der Waals surface area contributed by atoms with Gasteiger partial charge in [0.1, 0.15) is 0 Å². The molecule has 11 heavy (non-hydrogen) atoms. The first-order chi connectivity index (χ1) is 5.20. The van der Waals surface area contributed by atoms with Gasteiger partial charge in [0.25, 0.3) is 0 Å². The van der Waals surface area contributed by atoms with E-state index in [2.05, 4.69) is 9.98 Å². The van der Waals surface area contributed by atoms with Crippen molar-refractivity contribution in [1.29, 1.82) is 0 Å². The van der Waals surface area contributed by atoms with Crippen molar-refractivity contribution in [3.05, 3.63) is 0 Å². The van der Waals surface area contributed by atoms with Crippen molar-refractivity contribution in [2.45, 2.75) is 5.66 Å². The quantitative estimate of drug-likeness (QED) is 0.552. The van der Waals surface area contributed by atoms with Gasteiger partial charge >= 0.3 is 0 Å². The minimum Gasteiger partial charge on any atom is -0.378 e. The van der Waals surface area contributed by atoms with Crippen LogP contribution in [0.5, 0.6) is 0 Å². The molecule has 0 amide bonds. The lowest BCUT2D eigenvalue weighted by Crippen LogP contribution is -2.24. The van der Waals surface area contributed by atoms with E-state index in [0.29, 0.717) is 10.3 Å². The summed E-state index contributed by atoms with van der Waals surface area (Å²) in [6.45, 7) is 0. The van der Waals surface area contributed by atoms with Gasteiger partial charge in [0.2, 0.25) is 0 Å². The average molecular weight is 188 g/mol. The Bertz CT molecular complexity index is 221. The van der Waals surface area contributed by atoms with E-state index < -0.39 is 0 Å². The fourth-order valence-corrected chi connectivity index (χ4v) is 2.87. The van der Waals surface area contributed by atoms with Gasteiger partial charge in [-0.3, -0.25) is 0 Å². The number of rotatable bonds is 0. The summed E-state index contributed by atoms with van der Waals surface area (Å²) in [5.41, 5.74) is 10.7. The van der Waals surface area contributed by atoms with E-state index in [1.54, 1.807) is 23.5 Å². The van der Waals surface area contributed by atoms with Crippen LogP contribution in [0.15, 0.2) is 9.98 Å². The lowest BCUT2D eigenvalue weighted by molar-refractivity contribution is 0.594. The molecule has 0 aromatic rings. The summed E-state index contributed by atoms with van der Waals surface area (Å²) in [4.78, 5) is 8.48. The largest absolute Gasteiger partial charge is 0.378 e. The topological polar surface area (TPSA) is 76.8 Å². The van der Waals surface area contributed by atoms with Gasteiger partial charge in [-0.15, -0.1) is 0 Å². The lowest BCUT2D eigenvalue weighted by atomic mass is 10.3. The summed E-state index contributed by atoms with van der Waals surface area (Å²) in [5.74, 6) is 1.68. The minimum atomic E-state index is -0.316. The monoisotopic (exact) mass is 188 g/mol. The lowest BCUT2D eigenvalue weighted by Gasteiger charge is -2.11. The van der Waals surface area contributed by atoms with Crippen LogP contribution in [0.3, 0.4) is 0 Å². The number of nitrogens with two attached hydrogens (primary N) is 2. The van der Waals surface area contributed by atoms with Crippen LogP contribution < -0.4 is 11.5 Å². The Kier molecular flexibility index (Phi) is 1.53. The highest BCUT2D eigenvalue weighted by molar-refractivity contribution is 8.15. The molecule has 0 unspecified atom stereocenters. The summed E-state index contributed by atoms with van der Waals surface area (Å²) < 4.78 is 0. The van der Waals surface area contributed by atoms with E-state index >= 15 is 0 Å². The molecule has 0 aromatic carbocycles. The first kappa shape index (κ1) is 7.30. The van der Waals surface area contributed by atoms with Crippen LogP contribution in [-0.2, 0) is 0 Å². The van der Waals surface area contributed by atoms with Gasteiger partial charge in [-0.05, 0) is 0 Å². The highest BCUT2D eigenvalue weighted by atomic mass is 32.2. The molecule has 4 nitrogen and oxygen atoms in total. The summed E-state index contributed by atoms with van der Waals surface area (Å²) in [7, 11) is 0. The SMILES string of the molecule is NC1=NC2(CS1)CSC(N)=N2. The maximum Gasteiger partial charge on any atom is 0.174 e. The molecule has 60 valence electrons. The summed E-state index contributed by atoms with van der Waals surface area (Å²) >= 11 is 3.09. The molecule has 0 aromatic heterocycles. The van der Waals surface area contributed by atoms with Gasteiger partial charge in [0.15, 0.2) is 16.0 Å². The highest BCUT2D eigenvalue weighted by Crippen LogP contribution is 2.35. The van der Waals surface area contributed by atoms with Gasteiger partial charge in [0.05, 0.1) is 0 Å². The zero-order chi connectivity index (χ0) is 7.90. The van der Waals surface area contributed by atoms with Gasteiger partial charge in [-0.1, -0.05) is 23.5 Å². The Morgan fingerprint density at radius 2 is 1.55 bits per heavy atom. The molecule has 4 N–H and O–H groups in total. The van der Waals surface area contributed by atoms with Crippen molar-refractivity contribution in [2.24, 2.45) is 21.5 Å². The van der Waals surface area contributed by atoms with E-state index in [1.165, 1.54) is 0 Å². The van der Waals surface area contributed by atoms with Crippen molar-refractivity contribution < 1.29 is 0 Å².